The van der Waals surface area contributed by atoms with Crippen molar-refractivity contribution in [3.8, 4) is 12.3 Å². The van der Waals surface area contributed by atoms with Gasteiger partial charge in [-0.05, 0) is 12.8 Å². The molecule has 9 heavy (non-hydrogen) atoms. The molecule has 0 bridgehead atoms. The molecule has 0 aliphatic heterocycles. The lowest BCUT2D eigenvalue weighted by atomic mass is 10.1. The molecule has 2 N–H and O–H groups in total. The molecule has 0 aromatic carbocycles. The van der Waals surface area contributed by atoms with E-state index >= 15 is 0 Å². The summed E-state index contributed by atoms with van der Waals surface area (Å²) in [5, 5.41) is 0. The molecular formula is C7H11NO. The van der Waals surface area contributed by atoms with Gasteiger partial charge in [0.2, 0.25) is 0 Å². The Morgan fingerprint density at radius 1 is 1.78 bits per heavy atom. The molecule has 2 nitrogen and oxygen atoms in total. The van der Waals surface area contributed by atoms with Crippen molar-refractivity contribution in [3.05, 3.63) is 0 Å². The maximum Gasteiger partial charge on any atom is 0.136 e. The van der Waals surface area contributed by atoms with Crippen LogP contribution < -0.4 is 5.73 Å². The second kappa shape index (κ2) is 5.33. The van der Waals surface area contributed by atoms with Crippen LogP contribution in [0.3, 0.4) is 0 Å². The van der Waals surface area contributed by atoms with Gasteiger partial charge in [-0.25, -0.2) is 0 Å². The van der Waals surface area contributed by atoms with Crippen LogP contribution in [0.2, 0.25) is 0 Å². The Hall–Kier alpha value is -0.810. The third-order valence-corrected chi connectivity index (χ3v) is 1.03. The highest BCUT2D eigenvalue weighted by atomic mass is 16.1. The molecule has 0 aliphatic rings. The lowest BCUT2D eigenvalue weighted by Crippen LogP contribution is -2.20. The maximum atomic E-state index is 9.92. The largest absolute Gasteiger partial charge is 0.322 e. The lowest BCUT2D eigenvalue weighted by molar-refractivity contribution is -0.109. The summed E-state index contributed by atoms with van der Waals surface area (Å²) in [7, 11) is 0. The first kappa shape index (κ1) is 8.19. The monoisotopic (exact) mass is 125 g/mol. The van der Waals surface area contributed by atoms with E-state index in [9.17, 15) is 4.79 Å². The minimum Gasteiger partial charge on any atom is -0.322 e. The number of carbonyl (C=O) groups is 1. The molecule has 50 valence electrons. The van der Waals surface area contributed by atoms with E-state index in [1.165, 1.54) is 0 Å². The van der Waals surface area contributed by atoms with Gasteiger partial charge >= 0.3 is 0 Å². The zero-order valence-corrected chi connectivity index (χ0v) is 5.34. The predicted octanol–water partition coefficient (Wildman–Crippen LogP) is 0.316. The number of nitrogens with two attached hydrogens (primary N) is 1. The Labute approximate surface area is 55.4 Å². The third kappa shape index (κ3) is 5.05. The van der Waals surface area contributed by atoms with Gasteiger partial charge < -0.3 is 10.5 Å². The quantitative estimate of drug-likeness (QED) is 0.334. The number of unbranched alkanes of at least 4 members (excludes halogenated alkanes) is 1. The van der Waals surface area contributed by atoms with Crippen LogP contribution in [0.5, 0.6) is 0 Å². The van der Waals surface area contributed by atoms with Crippen LogP contribution in [0.4, 0.5) is 0 Å². The van der Waals surface area contributed by atoms with Gasteiger partial charge in [-0.3, -0.25) is 0 Å². The van der Waals surface area contributed by atoms with Crippen LogP contribution in [0.1, 0.15) is 19.3 Å². The van der Waals surface area contributed by atoms with Crippen LogP contribution in [0.15, 0.2) is 0 Å². The van der Waals surface area contributed by atoms with Gasteiger partial charge in [-0.2, -0.15) is 0 Å². The number of terminal acetylenes is 1. The topological polar surface area (TPSA) is 43.1 Å². The van der Waals surface area contributed by atoms with Crippen molar-refractivity contribution in [3.63, 3.8) is 0 Å². The first-order chi connectivity index (χ1) is 4.31. The predicted molar refractivity (Wildman–Crippen MR) is 36.7 cm³/mol. The van der Waals surface area contributed by atoms with E-state index in [4.69, 9.17) is 12.2 Å². The average molecular weight is 125 g/mol. The van der Waals surface area contributed by atoms with Gasteiger partial charge in [0, 0.05) is 6.42 Å². The van der Waals surface area contributed by atoms with Crippen LogP contribution in [0, 0.1) is 12.3 Å². The highest BCUT2D eigenvalue weighted by Gasteiger charge is 1.96. The molecule has 0 aromatic heterocycles. The fourth-order valence-electron chi connectivity index (χ4n) is 0.508. The molecule has 0 aliphatic carbocycles. The summed E-state index contributed by atoms with van der Waals surface area (Å²) in [5.41, 5.74) is 5.28. The summed E-state index contributed by atoms with van der Waals surface area (Å²) in [5.74, 6) is 2.48. The highest BCUT2D eigenvalue weighted by Crippen LogP contribution is 1.94. The molecule has 1 unspecified atom stereocenters. The minimum atomic E-state index is -0.321. The van der Waals surface area contributed by atoms with Crippen molar-refractivity contribution in [2.24, 2.45) is 5.73 Å². The molecule has 0 rings (SSSR count). The smallest absolute Gasteiger partial charge is 0.136 e. The van der Waals surface area contributed by atoms with Gasteiger partial charge in [0.1, 0.15) is 6.29 Å². The van der Waals surface area contributed by atoms with Crippen molar-refractivity contribution in [2.45, 2.75) is 25.3 Å². The molecule has 0 spiro atoms. The highest BCUT2D eigenvalue weighted by molar-refractivity contribution is 5.56. The third-order valence-electron chi connectivity index (χ3n) is 1.03. The minimum absolute atomic E-state index is 0.321. The van der Waals surface area contributed by atoms with Crippen LogP contribution in [0.25, 0.3) is 0 Å². The number of aldehydes is 1. The summed E-state index contributed by atoms with van der Waals surface area (Å²) in [6.07, 6.45) is 7.98. The van der Waals surface area contributed by atoms with Gasteiger partial charge in [0.15, 0.2) is 0 Å². The normalized spacial score (nSPS) is 12.0. The average Bonchev–Trinajstić information content (AvgIpc) is 1.89. The van der Waals surface area contributed by atoms with Crippen LogP contribution in [-0.4, -0.2) is 12.3 Å². The number of rotatable bonds is 4. The molecule has 0 radical (unpaired) electrons. The van der Waals surface area contributed by atoms with Gasteiger partial charge in [0.25, 0.3) is 0 Å². The van der Waals surface area contributed by atoms with Crippen molar-refractivity contribution >= 4 is 6.29 Å². The number of carbonyl (C=O) groups excluding carboxylic acids is 1. The summed E-state index contributed by atoms with van der Waals surface area (Å²) in [4.78, 5) is 9.92. The molecule has 1 atom stereocenters. The first-order valence-electron chi connectivity index (χ1n) is 2.95. The summed E-state index contributed by atoms with van der Waals surface area (Å²) >= 11 is 0. The molecule has 0 aromatic rings. The number of hydrogen-bond donors (Lipinski definition) is 1. The number of hydrogen-bond acceptors (Lipinski definition) is 2. The Balaban J connectivity index is 3.08. The summed E-state index contributed by atoms with van der Waals surface area (Å²) < 4.78 is 0. The van der Waals surface area contributed by atoms with E-state index < -0.39 is 0 Å². The van der Waals surface area contributed by atoms with Gasteiger partial charge in [0.05, 0.1) is 6.04 Å². The summed E-state index contributed by atoms with van der Waals surface area (Å²) in [6.45, 7) is 0. The molecule has 0 heterocycles. The molecule has 0 fully saturated rings. The standard InChI is InChI=1S/C7H11NO/c1-2-3-4-5-7(8)6-9/h1,6-7H,3-5,8H2. The molecular weight excluding hydrogens is 114 g/mol. The van der Waals surface area contributed by atoms with Gasteiger partial charge in [-0.1, -0.05) is 0 Å². The molecule has 0 saturated carbocycles. The van der Waals surface area contributed by atoms with E-state index in [2.05, 4.69) is 5.92 Å². The fourth-order valence-corrected chi connectivity index (χ4v) is 0.508. The van der Waals surface area contributed by atoms with Crippen molar-refractivity contribution in [2.75, 3.05) is 0 Å². The molecule has 0 saturated heterocycles. The van der Waals surface area contributed by atoms with E-state index in [0.717, 1.165) is 12.7 Å². The lowest BCUT2D eigenvalue weighted by Gasteiger charge is -1.98. The second-order valence-electron chi connectivity index (χ2n) is 1.90. The zero-order valence-electron chi connectivity index (χ0n) is 5.34. The van der Waals surface area contributed by atoms with E-state index in [1.807, 2.05) is 0 Å². The second-order valence-corrected chi connectivity index (χ2v) is 1.90. The Morgan fingerprint density at radius 2 is 2.44 bits per heavy atom. The van der Waals surface area contributed by atoms with E-state index in [-0.39, 0.29) is 6.04 Å². The van der Waals surface area contributed by atoms with Gasteiger partial charge in [-0.15, -0.1) is 12.3 Å². The van der Waals surface area contributed by atoms with E-state index in [1.54, 1.807) is 0 Å². The van der Waals surface area contributed by atoms with Crippen molar-refractivity contribution in [1.29, 1.82) is 0 Å². The van der Waals surface area contributed by atoms with E-state index in [0.29, 0.717) is 12.8 Å². The Morgan fingerprint density at radius 3 is 2.89 bits per heavy atom. The zero-order chi connectivity index (χ0) is 7.11. The Kier molecular flexibility index (Phi) is 4.85. The SMILES string of the molecule is C#CCCCC(N)C=O. The Bertz CT molecular complexity index is 115. The molecule has 0 amide bonds. The first-order valence-corrected chi connectivity index (χ1v) is 2.95. The maximum absolute atomic E-state index is 9.92. The van der Waals surface area contributed by atoms with Crippen LogP contribution >= 0.6 is 0 Å². The molecule has 2 heteroatoms. The van der Waals surface area contributed by atoms with Crippen LogP contribution in [-0.2, 0) is 4.79 Å². The fraction of sp³-hybridized carbons (Fsp3) is 0.571. The van der Waals surface area contributed by atoms with Crippen molar-refractivity contribution < 1.29 is 4.79 Å². The van der Waals surface area contributed by atoms with Crippen molar-refractivity contribution in [1.82, 2.24) is 0 Å². The summed E-state index contributed by atoms with van der Waals surface area (Å²) in [6, 6.07) is -0.321.